The number of rotatable bonds is 7. The van der Waals surface area contributed by atoms with Gasteiger partial charge in [0.05, 0.1) is 3.79 Å². The Kier molecular flexibility index (Phi) is 6.61. The minimum absolute atomic E-state index is 0.101. The molecule has 1 atom stereocenters. The second kappa shape index (κ2) is 8.22. The van der Waals surface area contributed by atoms with Gasteiger partial charge in [0.1, 0.15) is 11.9 Å². The number of ether oxygens (including phenoxy) is 1. The Morgan fingerprint density at radius 2 is 1.90 bits per heavy atom. The number of hydrogen-bond acceptors (Lipinski definition) is 4. The molecule has 5 heteroatoms. The third kappa shape index (κ3) is 5.33. The van der Waals surface area contributed by atoms with E-state index in [9.17, 15) is 0 Å². The smallest absolute Gasteiger partial charge is 0.134 e. The van der Waals surface area contributed by atoms with Crippen LogP contribution in [0.3, 0.4) is 0 Å². The molecule has 114 valence electrons. The van der Waals surface area contributed by atoms with E-state index in [1.165, 1.54) is 9.77 Å². The van der Waals surface area contributed by atoms with E-state index in [1.807, 2.05) is 0 Å². The molecule has 2 rings (SSSR count). The van der Waals surface area contributed by atoms with Gasteiger partial charge in [0.15, 0.2) is 0 Å². The molecule has 0 saturated carbocycles. The predicted molar refractivity (Wildman–Crippen MR) is 96.8 cm³/mol. The largest absolute Gasteiger partial charge is 0.485 e. The third-order valence-corrected chi connectivity index (χ3v) is 5.55. The Balaban J connectivity index is 2.10. The molecule has 0 saturated heterocycles. The fourth-order valence-corrected chi connectivity index (χ4v) is 3.85. The molecule has 0 spiro atoms. The summed E-state index contributed by atoms with van der Waals surface area (Å²) < 4.78 is 7.36. The Bertz CT molecular complexity index is 554. The van der Waals surface area contributed by atoms with Crippen molar-refractivity contribution in [3.63, 3.8) is 0 Å². The number of benzene rings is 1. The second-order valence-electron chi connectivity index (χ2n) is 5.02. The summed E-state index contributed by atoms with van der Waals surface area (Å²) in [4.78, 5) is 4.71. The molecule has 0 bridgehead atoms. The van der Waals surface area contributed by atoms with E-state index in [2.05, 4.69) is 77.6 Å². The fraction of sp³-hybridized carbons (Fsp3) is 0.375. The van der Waals surface area contributed by atoms with Crippen molar-refractivity contribution in [2.75, 3.05) is 26.9 Å². The van der Waals surface area contributed by atoms with E-state index in [1.54, 1.807) is 23.1 Å². The minimum atomic E-state index is 0.101. The first kappa shape index (κ1) is 16.9. The zero-order valence-corrected chi connectivity index (χ0v) is 15.7. The number of hydrogen-bond donors (Lipinski definition) is 0. The van der Waals surface area contributed by atoms with Crippen LogP contribution in [0.5, 0.6) is 5.75 Å². The molecule has 1 aromatic carbocycles. The summed E-state index contributed by atoms with van der Waals surface area (Å²) in [6.07, 6.45) is 3.16. The van der Waals surface area contributed by atoms with Crippen LogP contribution in [0.4, 0.5) is 0 Å². The first-order valence-electron chi connectivity index (χ1n) is 6.79. The maximum atomic E-state index is 6.22. The summed E-state index contributed by atoms with van der Waals surface area (Å²) in [6, 6.07) is 12.5. The lowest BCUT2D eigenvalue weighted by atomic mass is 10.2. The molecule has 0 N–H and O–H groups in total. The maximum absolute atomic E-state index is 6.22. The lowest BCUT2D eigenvalue weighted by Gasteiger charge is -2.20. The van der Waals surface area contributed by atoms with Crippen LogP contribution < -0.4 is 4.74 Å². The van der Waals surface area contributed by atoms with Crippen LogP contribution in [0, 0.1) is 0 Å². The van der Waals surface area contributed by atoms with Gasteiger partial charge in [0.2, 0.25) is 0 Å². The van der Waals surface area contributed by atoms with Crippen LogP contribution in [0.1, 0.15) is 17.4 Å². The molecule has 1 aromatic heterocycles. The van der Waals surface area contributed by atoms with Crippen LogP contribution >= 0.6 is 39.0 Å². The van der Waals surface area contributed by atoms with Gasteiger partial charge < -0.3 is 9.64 Å². The molecule has 0 aliphatic carbocycles. The first-order valence-corrected chi connectivity index (χ1v) is 9.62. The predicted octanol–water partition coefficient (Wildman–Crippen LogP) is 5.30. The Morgan fingerprint density at radius 3 is 2.43 bits per heavy atom. The Morgan fingerprint density at radius 1 is 1.19 bits per heavy atom. The van der Waals surface area contributed by atoms with Crippen LogP contribution in [0.15, 0.2) is 45.1 Å². The molecule has 1 unspecified atom stereocenters. The van der Waals surface area contributed by atoms with Crippen LogP contribution in [-0.4, -0.2) is 31.8 Å². The average Bonchev–Trinajstić information content (AvgIpc) is 2.90. The standard InChI is InChI=1S/C16H20BrNOS2/c1-18(2)11-10-14(15-8-9-16(17)21-15)19-12-4-6-13(20-3)7-5-12/h4-9,14H,10-11H2,1-3H3. The minimum Gasteiger partial charge on any atom is -0.485 e. The van der Waals surface area contributed by atoms with Crippen LogP contribution in [0.25, 0.3) is 0 Å². The quantitative estimate of drug-likeness (QED) is 0.599. The highest BCUT2D eigenvalue weighted by Gasteiger charge is 2.16. The lowest BCUT2D eigenvalue weighted by molar-refractivity contribution is 0.183. The monoisotopic (exact) mass is 385 g/mol. The summed E-state index contributed by atoms with van der Waals surface area (Å²) in [5.41, 5.74) is 0. The number of halogens is 1. The van der Waals surface area contributed by atoms with Crippen molar-refractivity contribution in [1.29, 1.82) is 0 Å². The van der Waals surface area contributed by atoms with Gasteiger partial charge in [-0.2, -0.15) is 0 Å². The highest BCUT2D eigenvalue weighted by molar-refractivity contribution is 9.11. The first-order chi connectivity index (χ1) is 10.1. The lowest BCUT2D eigenvalue weighted by Crippen LogP contribution is -2.18. The van der Waals surface area contributed by atoms with Crippen LogP contribution in [-0.2, 0) is 0 Å². The molecule has 2 nitrogen and oxygen atoms in total. The van der Waals surface area contributed by atoms with E-state index >= 15 is 0 Å². The fourth-order valence-electron chi connectivity index (χ4n) is 1.95. The van der Waals surface area contributed by atoms with Gasteiger partial charge in [0, 0.05) is 22.7 Å². The molecule has 0 amide bonds. The number of nitrogens with zero attached hydrogens (tertiary/aromatic N) is 1. The molecule has 1 heterocycles. The zero-order valence-electron chi connectivity index (χ0n) is 12.5. The van der Waals surface area contributed by atoms with Crippen molar-refractivity contribution in [3.8, 4) is 5.75 Å². The van der Waals surface area contributed by atoms with Crippen molar-refractivity contribution in [1.82, 2.24) is 4.90 Å². The molecule has 0 aliphatic heterocycles. The van der Waals surface area contributed by atoms with Gasteiger partial charge in [-0.1, -0.05) is 0 Å². The topological polar surface area (TPSA) is 12.5 Å². The maximum Gasteiger partial charge on any atom is 0.134 e. The van der Waals surface area contributed by atoms with Gasteiger partial charge >= 0.3 is 0 Å². The zero-order chi connectivity index (χ0) is 15.2. The van der Waals surface area contributed by atoms with E-state index in [0.717, 1.165) is 22.5 Å². The third-order valence-electron chi connectivity index (χ3n) is 3.09. The van der Waals surface area contributed by atoms with Gasteiger partial charge in [-0.05, 0) is 72.7 Å². The van der Waals surface area contributed by atoms with Gasteiger partial charge in [-0.3, -0.25) is 0 Å². The summed E-state index contributed by atoms with van der Waals surface area (Å²) in [6.45, 7) is 1.00. The summed E-state index contributed by atoms with van der Waals surface area (Å²) >= 11 is 7.02. The molecule has 0 fully saturated rings. The molecule has 0 radical (unpaired) electrons. The van der Waals surface area contributed by atoms with E-state index in [-0.39, 0.29) is 6.10 Å². The molecular weight excluding hydrogens is 366 g/mol. The summed E-state index contributed by atoms with van der Waals surface area (Å²) in [7, 11) is 4.18. The van der Waals surface area contributed by atoms with Crippen molar-refractivity contribution in [2.24, 2.45) is 0 Å². The Hall–Kier alpha value is -0.490. The number of thiophene rings is 1. The van der Waals surface area contributed by atoms with Crippen molar-refractivity contribution >= 4 is 39.0 Å². The van der Waals surface area contributed by atoms with E-state index in [4.69, 9.17) is 4.74 Å². The molecular formula is C16H20BrNOS2. The van der Waals surface area contributed by atoms with Gasteiger partial charge in [-0.25, -0.2) is 0 Å². The molecule has 0 aliphatic rings. The second-order valence-corrected chi connectivity index (χ2v) is 8.39. The van der Waals surface area contributed by atoms with E-state index in [0.29, 0.717) is 0 Å². The van der Waals surface area contributed by atoms with Crippen LogP contribution in [0.2, 0.25) is 0 Å². The normalized spacial score (nSPS) is 12.6. The number of thioether (sulfide) groups is 1. The molecule has 2 aromatic rings. The summed E-state index contributed by atoms with van der Waals surface area (Å²) in [5.74, 6) is 0.932. The highest BCUT2D eigenvalue weighted by atomic mass is 79.9. The highest BCUT2D eigenvalue weighted by Crippen LogP contribution is 2.33. The van der Waals surface area contributed by atoms with E-state index < -0.39 is 0 Å². The van der Waals surface area contributed by atoms with Gasteiger partial charge in [-0.15, -0.1) is 23.1 Å². The Labute approximate surface area is 143 Å². The van der Waals surface area contributed by atoms with Crippen molar-refractivity contribution in [3.05, 3.63) is 45.1 Å². The molecule has 21 heavy (non-hydrogen) atoms. The SMILES string of the molecule is CSc1ccc(OC(CCN(C)C)c2ccc(Br)s2)cc1. The van der Waals surface area contributed by atoms with Crippen molar-refractivity contribution < 1.29 is 4.74 Å². The summed E-state index contributed by atoms with van der Waals surface area (Å²) in [5, 5.41) is 0. The average molecular weight is 386 g/mol. The van der Waals surface area contributed by atoms with Gasteiger partial charge in [0.25, 0.3) is 0 Å². The van der Waals surface area contributed by atoms with Crippen molar-refractivity contribution in [2.45, 2.75) is 17.4 Å².